The van der Waals surface area contributed by atoms with Crippen LogP contribution in [-0.4, -0.2) is 35.2 Å². The predicted molar refractivity (Wildman–Crippen MR) is 141 cm³/mol. The van der Waals surface area contributed by atoms with Crippen molar-refractivity contribution < 1.29 is 17.9 Å². The fourth-order valence-corrected chi connectivity index (χ4v) is 9.24. The van der Waals surface area contributed by atoms with Crippen molar-refractivity contribution in [3.05, 3.63) is 71.9 Å². The molecule has 5 aliphatic rings. The van der Waals surface area contributed by atoms with Crippen molar-refractivity contribution in [2.75, 3.05) is 0 Å². The monoisotopic (exact) mass is 547 g/mol. The van der Waals surface area contributed by atoms with Crippen molar-refractivity contribution in [3.63, 3.8) is 0 Å². The fraction of sp³-hybridized carbons (Fsp3) is 0.448. The maximum atomic E-state index is 15.0. The first-order valence-electron chi connectivity index (χ1n) is 13.5. The Kier molecular flexibility index (Phi) is 5.72. The summed E-state index contributed by atoms with van der Waals surface area (Å²) in [6, 6.07) is 12.6. The molecule has 2 heterocycles. The van der Waals surface area contributed by atoms with Crippen LogP contribution in [-0.2, 0) is 10.0 Å². The van der Waals surface area contributed by atoms with Gasteiger partial charge in [-0.1, -0.05) is 12.1 Å². The van der Waals surface area contributed by atoms with Gasteiger partial charge in [-0.05, 0) is 92.0 Å². The Labute approximate surface area is 226 Å². The highest BCUT2D eigenvalue weighted by Crippen LogP contribution is 2.62. The van der Waals surface area contributed by atoms with E-state index in [0.29, 0.717) is 23.5 Å². The van der Waals surface area contributed by atoms with Crippen molar-refractivity contribution in [1.29, 1.82) is 5.26 Å². The van der Waals surface area contributed by atoms with E-state index < -0.39 is 16.1 Å². The third kappa shape index (κ3) is 3.94. The van der Waals surface area contributed by atoms with Crippen molar-refractivity contribution >= 4 is 10.0 Å². The van der Waals surface area contributed by atoms with E-state index in [4.69, 9.17) is 5.26 Å². The molecular formula is C29H30FN5O3S. The quantitative estimate of drug-likeness (QED) is 0.386. The molecule has 4 fully saturated rings. The molecule has 202 valence electrons. The SMILES string of the molecule is N#Cc1ccc(S(=O)(=O)NNC2C3CC4CC2CC(C(O)CC2c5c(F)cccc5-c5cncn52)(C4)C3)cc1. The van der Waals surface area contributed by atoms with E-state index in [-0.39, 0.29) is 40.0 Å². The lowest BCUT2D eigenvalue weighted by Gasteiger charge is -2.61. The maximum absolute atomic E-state index is 15.0. The second-order valence-corrected chi connectivity index (χ2v) is 13.6. The number of fused-ring (bicyclic) bond motifs is 3. The number of nitrogens with zero attached hydrogens (tertiary/aromatic N) is 3. The predicted octanol–water partition coefficient (Wildman–Crippen LogP) is 3.89. The number of benzene rings is 2. The molecule has 8 rings (SSSR count). The van der Waals surface area contributed by atoms with Gasteiger partial charge in [0.15, 0.2) is 0 Å². The van der Waals surface area contributed by atoms with Gasteiger partial charge in [-0.25, -0.2) is 23.2 Å². The van der Waals surface area contributed by atoms with E-state index in [2.05, 4.69) is 15.2 Å². The second-order valence-electron chi connectivity index (χ2n) is 11.9. The zero-order valence-corrected chi connectivity index (χ0v) is 22.1. The smallest absolute Gasteiger partial charge is 0.253 e. The summed E-state index contributed by atoms with van der Waals surface area (Å²) in [7, 11) is -3.78. The van der Waals surface area contributed by atoms with Gasteiger partial charge in [-0.2, -0.15) is 5.26 Å². The summed E-state index contributed by atoms with van der Waals surface area (Å²) in [6.45, 7) is 0. The second kappa shape index (κ2) is 8.96. The van der Waals surface area contributed by atoms with Crippen LogP contribution in [0.5, 0.6) is 0 Å². The Bertz CT molecular complexity index is 1560. The van der Waals surface area contributed by atoms with E-state index in [0.717, 1.165) is 43.4 Å². The molecule has 0 amide bonds. The summed E-state index contributed by atoms with van der Waals surface area (Å²) >= 11 is 0. The molecule has 0 radical (unpaired) electrons. The van der Waals surface area contributed by atoms with Gasteiger partial charge in [0.25, 0.3) is 10.0 Å². The number of hydrogen-bond donors (Lipinski definition) is 3. The van der Waals surface area contributed by atoms with Crippen molar-refractivity contribution in [2.24, 2.45) is 23.2 Å². The molecule has 4 bridgehead atoms. The van der Waals surface area contributed by atoms with Crippen LogP contribution in [0.15, 0.2) is 59.9 Å². The van der Waals surface area contributed by atoms with Crippen LogP contribution in [0.1, 0.15) is 55.7 Å². The number of aromatic nitrogens is 2. The zero-order valence-electron chi connectivity index (χ0n) is 21.3. The minimum Gasteiger partial charge on any atom is -0.392 e. The van der Waals surface area contributed by atoms with Crippen LogP contribution >= 0.6 is 0 Å². The average molecular weight is 548 g/mol. The molecule has 39 heavy (non-hydrogen) atoms. The van der Waals surface area contributed by atoms with E-state index >= 15 is 0 Å². The summed E-state index contributed by atoms with van der Waals surface area (Å²) < 4.78 is 42.8. The average Bonchev–Trinajstić information content (AvgIpc) is 3.51. The first-order chi connectivity index (χ1) is 18.8. The Hall–Kier alpha value is -3.10. The largest absolute Gasteiger partial charge is 0.392 e. The molecule has 3 aromatic rings. The van der Waals surface area contributed by atoms with Crippen molar-refractivity contribution in [1.82, 2.24) is 19.8 Å². The van der Waals surface area contributed by atoms with Gasteiger partial charge in [0, 0.05) is 17.2 Å². The first kappa shape index (κ1) is 24.9. The standard InChI is InChI=1S/C29H30FN5O3S/c30-23-3-1-2-22-25-15-32-16-35(25)24(27(22)23)10-26(36)29-11-18-8-19(12-29)28(20(9-18)13-29)33-34-39(37,38)21-6-4-17(14-31)5-7-21/h1-7,15-16,18-20,24,26,28,33-34,36H,8-13H2. The van der Waals surface area contributed by atoms with Gasteiger partial charge >= 0.3 is 0 Å². The van der Waals surface area contributed by atoms with Gasteiger partial charge in [0.1, 0.15) is 5.82 Å². The number of nitrogens with one attached hydrogen (secondary N) is 2. The summed E-state index contributed by atoms with van der Waals surface area (Å²) in [4.78, 5) is 6.98. The van der Waals surface area contributed by atoms with E-state index in [9.17, 15) is 17.9 Å². The van der Waals surface area contributed by atoms with E-state index in [1.54, 1.807) is 18.6 Å². The number of imidazole rings is 1. The summed E-state index contributed by atoms with van der Waals surface area (Å²) in [6.07, 6.45) is 7.90. The van der Waals surface area contributed by atoms with Crippen molar-refractivity contribution in [3.8, 4) is 17.3 Å². The van der Waals surface area contributed by atoms with Gasteiger partial charge < -0.3 is 9.67 Å². The summed E-state index contributed by atoms with van der Waals surface area (Å²) in [5.41, 5.74) is 5.65. The summed E-state index contributed by atoms with van der Waals surface area (Å²) in [5.74, 6) is 0.733. The van der Waals surface area contributed by atoms with Crippen LogP contribution in [0.3, 0.4) is 0 Å². The van der Waals surface area contributed by atoms with Gasteiger partial charge in [0.05, 0.1) is 46.9 Å². The number of aliphatic hydroxyl groups excluding tert-OH is 1. The number of sulfonamides is 1. The number of hydrazine groups is 1. The molecule has 10 heteroatoms. The van der Waals surface area contributed by atoms with Gasteiger partial charge in [-0.15, -0.1) is 4.83 Å². The van der Waals surface area contributed by atoms with Crippen LogP contribution in [0.2, 0.25) is 0 Å². The number of halogens is 1. The Morgan fingerprint density at radius 1 is 1.15 bits per heavy atom. The molecule has 3 N–H and O–H groups in total. The highest BCUT2D eigenvalue weighted by atomic mass is 32.2. The third-order valence-electron chi connectivity index (χ3n) is 9.79. The van der Waals surface area contributed by atoms with Gasteiger partial charge in [-0.3, -0.25) is 0 Å². The molecule has 4 atom stereocenters. The molecule has 4 aliphatic carbocycles. The Morgan fingerprint density at radius 2 is 1.90 bits per heavy atom. The molecular weight excluding hydrogens is 517 g/mol. The first-order valence-corrected chi connectivity index (χ1v) is 15.0. The topological polar surface area (TPSA) is 120 Å². The lowest BCUT2D eigenvalue weighted by molar-refractivity contribution is -0.138. The molecule has 4 saturated carbocycles. The van der Waals surface area contributed by atoms with Crippen molar-refractivity contribution in [2.45, 2.75) is 61.6 Å². The van der Waals surface area contributed by atoms with Crippen LogP contribution in [0, 0.1) is 40.3 Å². The number of aliphatic hydroxyl groups is 1. The molecule has 2 aromatic carbocycles. The van der Waals surface area contributed by atoms with Crippen LogP contribution < -0.4 is 10.3 Å². The highest BCUT2D eigenvalue weighted by molar-refractivity contribution is 7.89. The van der Waals surface area contributed by atoms with E-state index in [1.165, 1.54) is 30.3 Å². The van der Waals surface area contributed by atoms with Gasteiger partial charge in [0.2, 0.25) is 0 Å². The minimum absolute atomic E-state index is 0.0139. The molecule has 0 saturated heterocycles. The minimum atomic E-state index is -3.78. The Balaban J connectivity index is 1.08. The maximum Gasteiger partial charge on any atom is 0.253 e. The molecule has 0 spiro atoms. The number of rotatable bonds is 7. The lowest BCUT2D eigenvalue weighted by atomic mass is 9.46. The highest BCUT2D eigenvalue weighted by Gasteiger charge is 2.58. The van der Waals surface area contributed by atoms with Crippen LogP contribution in [0.25, 0.3) is 11.3 Å². The lowest BCUT2D eigenvalue weighted by Crippen LogP contribution is -2.63. The molecule has 1 aliphatic heterocycles. The molecule has 1 aromatic heterocycles. The molecule has 8 nitrogen and oxygen atoms in total. The van der Waals surface area contributed by atoms with E-state index in [1.807, 2.05) is 16.7 Å². The summed E-state index contributed by atoms with van der Waals surface area (Å²) in [5, 5.41) is 20.8. The number of hydrogen-bond acceptors (Lipinski definition) is 6. The Morgan fingerprint density at radius 3 is 2.62 bits per heavy atom. The fourth-order valence-electron chi connectivity index (χ4n) is 8.34. The zero-order chi connectivity index (χ0) is 26.9. The van der Waals surface area contributed by atoms with Crippen LogP contribution in [0.4, 0.5) is 4.39 Å². The third-order valence-corrected chi connectivity index (χ3v) is 11.1. The normalized spacial score (nSPS) is 31.1. The number of nitriles is 1. The molecule has 4 unspecified atom stereocenters.